The number of ketones is 1. The summed E-state index contributed by atoms with van der Waals surface area (Å²) in [6.07, 6.45) is 8.09. The second-order valence-corrected chi connectivity index (χ2v) is 6.59. The van der Waals surface area contributed by atoms with Gasteiger partial charge in [-0.25, -0.2) is 0 Å². The highest BCUT2D eigenvalue weighted by Crippen LogP contribution is 2.30. The normalized spacial score (nSPS) is 12.5. The molecule has 0 spiro atoms. The third-order valence-electron chi connectivity index (χ3n) is 3.94. The van der Waals surface area contributed by atoms with E-state index in [4.69, 9.17) is 0 Å². The summed E-state index contributed by atoms with van der Waals surface area (Å²) in [6.45, 7) is 4.03. The molecule has 0 aliphatic carbocycles. The van der Waals surface area contributed by atoms with Crippen molar-refractivity contribution in [2.24, 2.45) is 0 Å². The zero-order valence-electron chi connectivity index (χ0n) is 14.6. The summed E-state index contributed by atoms with van der Waals surface area (Å²) < 4.78 is 0. The molecule has 0 fully saturated rings. The van der Waals surface area contributed by atoms with Crippen molar-refractivity contribution in [1.82, 2.24) is 19.9 Å². The van der Waals surface area contributed by atoms with E-state index in [-0.39, 0.29) is 51.6 Å². The molecule has 2 aromatic rings. The summed E-state index contributed by atoms with van der Waals surface area (Å²) in [4.78, 5) is 30.8. The quantitative estimate of drug-likeness (QED) is 0.399. The summed E-state index contributed by atoms with van der Waals surface area (Å²) in [5, 5.41) is 1.01. The van der Waals surface area contributed by atoms with Crippen LogP contribution in [0, 0.1) is 0 Å². The van der Waals surface area contributed by atoms with Gasteiger partial charge in [-0.1, -0.05) is 45.7 Å². The van der Waals surface area contributed by atoms with E-state index in [1.807, 2.05) is 13.8 Å². The van der Waals surface area contributed by atoms with Crippen molar-refractivity contribution in [2.45, 2.75) is 38.5 Å². The molecule has 0 saturated heterocycles. The summed E-state index contributed by atoms with van der Waals surface area (Å²) >= 11 is 6.96. The smallest absolute Gasteiger partial charge is 0.152 e. The molecule has 144 valence electrons. The number of carbonyl (C=O) groups excluding carboxylic acids is 1. The monoisotopic (exact) mass is 614 g/mol. The van der Waals surface area contributed by atoms with Gasteiger partial charge in [0.15, 0.2) is 5.78 Å². The number of aryl methyl sites for hydroxylation is 2. The van der Waals surface area contributed by atoms with E-state index in [1.165, 1.54) is 0 Å². The number of halogens is 4. The van der Waals surface area contributed by atoms with Gasteiger partial charge in [-0.2, -0.15) is 0 Å². The van der Waals surface area contributed by atoms with Crippen molar-refractivity contribution in [3.05, 3.63) is 47.6 Å². The first-order valence-electron chi connectivity index (χ1n) is 7.93. The molecule has 0 saturated carbocycles. The maximum atomic E-state index is 13.2. The number of aromatic nitrogens is 4. The third kappa shape index (κ3) is 5.87. The number of alkyl halides is 2. The Kier molecular flexibility index (Phi) is 12.9. The molecule has 2 atom stereocenters. The van der Waals surface area contributed by atoms with E-state index in [1.54, 1.807) is 24.8 Å². The predicted octanol–water partition coefficient (Wildman–Crippen LogP) is 4.77. The lowest BCUT2D eigenvalue weighted by molar-refractivity contribution is -0.121. The van der Waals surface area contributed by atoms with Crippen LogP contribution in [0.15, 0.2) is 24.8 Å². The van der Waals surface area contributed by atoms with Crippen molar-refractivity contribution >= 4 is 71.6 Å². The van der Waals surface area contributed by atoms with Gasteiger partial charge in [0.2, 0.25) is 0 Å². The van der Waals surface area contributed by atoms with Crippen LogP contribution in [-0.2, 0) is 17.6 Å². The first-order valence-corrected chi connectivity index (χ1v) is 10.2. The lowest BCUT2D eigenvalue weighted by Crippen LogP contribution is -2.26. The minimum Gasteiger partial charge on any atom is -0.298 e. The van der Waals surface area contributed by atoms with Gasteiger partial charge in [0.1, 0.15) is 0 Å². The average Bonchev–Trinajstić information content (AvgIpc) is 2.64. The fourth-order valence-electron chi connectivity index (χ4n) is 2.69. The summed E-state index contributed by atoms with van der Waals surface area (Å²) in [6, 6.07) is 0. The lowest BCUT2D eigenvalue weighted by Gasteiger charge is -2.21. The number of hydrogen-bond donors (Lipinski definition) is 0. The summed E-state index contributed by atoms with van der Waals surface area (Å²) in [7, 11) is 0. The Hall–Kier alpha value is -0.250. The van der Waals surface area contributed by atoms with E-state index in [0.29, 0.717) is 10.7 Å². The van der Waals surface area contributed by atoms with E-state index >= 15 is 0 Å². The molecule has 0 radical (unpaired) electrons. The SMILES string of the molecule is Br.Br.CCc1nccnc1C(CBr)C(=O)C(CBr)c1nccnc1CC. The Labute approximate surface area is 192 Å². The van der Waals surface area contributed by atoms with Gasteiger partial charge in [0.25, 0.3) is 0 Å². The van der Waals surface area contributed by atoms with Crippen LogP contribution in [0.5, 0.6) is 0 Å². The van der Waals surface area contributed by atoms with Crippen LogP contribution in [0.25, 0.3) is 0 Å². The molecular formula is C17H22Br4N4O. The first-order chi connectivity index (χ1) is 11.7. The third-order valence-corrected chi connectivity index (χ3v) is 5.23. The number of carbonyl (C=O) groups is 1. The Morgan fingerprint density at radius 1 is 0.808 bits per heavy atom. The van der Waals surface area contributed by atoms with E-state index in [9.17, 15) is 4.79 Å². The van der Waals surface area contributed by atoms with Crippen LogP contribution in [0.4, 0.5) is 0 Å². The molecule has 2 aromatic heterocycles. The van der Waals surface area contributed by atoms with Crippen LogP contribution < -0.4 is 0 Å². The van der Waals surface area contributed by atoms with Crippen LogP contribution >= 0.6 is 65.8 Å². The molecule has 0 N–H and O–H groups in total. The molecule has 0 aromatic carbocycles. The highest BCUT2D eigenvalue weighted by Gasteiger charge is 2.32. The van der Waals surface area contributed by atoms with E-state index in [2.05, 4.69) is 51.8 Å². The molecule has 0 aliphatic heterocycles. The molecule has 2 unspecified atom stereocenters. The number of nitrogens with zero attached hydrogens (tertiary/aromatic N) is 4. The summed E-state index contributed by atoms with van der Waals surface area (Å²) in [5.41, 5.74) is 3.21. The molecule has 0 aliphatic rings. The maximum Gasteiger partial charge on any atom is 0.152 e. The molecule has 2 heterocycles. The fraction of sp³-hybridized carbons (Fsp3) is 0.471. The Balaban J connectivity index is 0.00000312. The number of rotatable bonds is 8. The van der Waals surface area contributed by atoms with E-state index < -0.39 is 0 Å². The van der Waals surface area contributed by atoms with Crippen molar-refractivity contribution in [1.29, 1.82) is 0 Å². The van der Waals surface area contributed by atoms with Crippen molar-refractivity contribution < 1.29 is 4.79 Å². The van der Waals surface area contributed by atoms with Crippen LogP contribution in [0.2, 0.25) is 0 Å². The second kappa shape index (κ2) is 13.0. The van der Waals surface area contributed by atoms with Gasteiger partial charge < -0.3 is 0 Å². The minimum absolute atomic E-state index is 0. The largest absolute Gasteiger partial charge is 0.298 e. The molecule has 9 heteroatoms. The highest BCUT2D eigenvalue weighted by molar-refractivity contribution is 9.09. The van der Waals surface area contributed by atoms with Crippen molar-refractivity contribution in [2.75, 3.05) is 10.7 Å². The highest BCUT2D eigenvalue weighted by atomic mass is 79.9. The molecule has 5 nitrogen and oxygen atoms in total. The predicted molar refractivity (Wildman–Crippen MR) is 122 cm³/mol. The zero-order chi connectivity index (χ0) is 17.5. The molecule has 2 rings (SSSR count). The first kappa shape index (κ1) is 25.8. The summed E-state index contributed by atoms with van der Waals surface area (Å²) in [5.74, 6) is -0.639. The topological polar surface area (TPSA) is 68.6 Å². The number of hydrogen-bond acceptors (Lipinski definition) is 5. The molecule has 0 amide bonds. The van der Waals surface area contributed by atoms with Crippen molar-refractivity contribution in [3.8, 4) is 0 Å². The van der Waals surface area contributed by atoms with Gasteiger partial charge in [-0.3, -0.25) is 24.7 Å². The fourth-order valence-corrected chi connectivity index (χ4v) is 3.94. The van der Waals surface area contributed by atoms with Gasteiger partial charge in [-0.05, 0) is 12.8 Å². The van der Waals surface area contributed by atoms with Crippen LogP contribution in [0.1, 0.15) is 48.5 Å². The van der Waals surface area contributed by atoms with Gasteiger partial charge in [0.05, 0.1) is 34.6 Å². The Bertz CT molecular complexity index is 644. The standard InChI is InChI=1S/C17H20Br2N4O.2BrH/c1-3-13-15(22-7-5-20-13)11(9-18)17(24)12(10-19)16-14(4-2)21-6-8-23-16;;/h5-8,11-12H,3-4,9-10H2,1-2H3;2*1H. The minimum atomic E-state index is -0.358. The Morgan fingerprint density at radius 3 is 1.46 bits per heavy atom. The van der Waals surface area contributed by atoms with E-state index in [0.717, 1.165) is 35.6 Å². The van der Waals surface area contributed by atoms with Gasteiger partial charge in [0, 0.05) is 35.4 Å². The van der Waals surface area contributed by atoms with Gasteiger partial charge in [-0.15, -0.1) is 34.0 Å². The van der Waals surface area contributed by atoms with Gasteiger partial charge >= 0.3 is 0 Å². The molecule has 0 bridgehead atoms. The molecule has 26 heavy (non-hydrogen) atoms. The second-order valence-electron chi connectivity index (χ2n) is 5.30. The number of Topliss-reactive ketones (excluding diaryl/α,β-unsaturated/α-hetero) is 1. The van der Waals surface area contributed by atoms with Crippen LogP contribution in [-0.4, -0.2) is 36.4 Å². The molecular weight excluding hydrogens is 596 g/mol. The lowest BCUT2D eigenvalue weighted by atomic mass is 9.88. The average molecular weight is 618 g/mol. The zero-order valence-corrected chi connectivity index (χ0v) is 21.2. The van der Waals surface area contributed by atoms with Crippen molar-refractivity contribution in [3.63, 3.8) is 0 Å². The maximum absolute atomic E-state index is 13.2. The van der Waals surface area contributed by atoms with Crippen LogP contribution in [0.3, 0.4) is 0 Å². The Morgan fingerprint density at radius 2 is 1.15 bits per heavy atom.